The number of nitrogens with one attached hydrogen (secondary N) is 1. The first-order valence-corrected chi connectivity index (χ1v) is 8.20. The van der Waals surface area contributed by atoms with Gasteiger partial charge in [0.05, 0.1) is 12.1 Å². The third-order valence-corrected chi connectivity index (χ3v) is 4.84. The van der Waals surface area contributed by atoms with Crippen LogP contribution in [-0.4, -0.2) is 24.7 Å². The van der Waals surface area contributed by atoms with Crippen LogP contribution in [-0.2, 0) is 6.42 Å². The van der Waals surface area contributed by atoms with Crippen LogP contribution in [0.15, 0.2) is 30.5 Å². The lowest BCUT2D eigenvalue weighted by molar-refractivity contribution is 0.414. The van der Waals surface area contributed by atoms with E-state index in [2.05, 4.69) is 43.2 Å². The van der Waals surface area contributed by atoms with Gasteiger partial charge in [0.2, 0.25) is 0 Å². The smallest absolute Gasteiger partial charge is 0.118 e. The van der Waals surface area contributed by atoms with Crippen LogP contribution in [0, 0.1) is 6.92 Å². The molecule has 1 heterocycles. The normalized spacial score (nSPS) is 13.9. The van der Waals surface area contributed by atoms with Gasteiger partial charge in [-0.25, -0.2) is 4.98 Å². The maximum absolute atomic E-state index is 5.20. The molecule has 114 valence electrons. The molecule has 2 aromatic rings. The fourth-order valence-electron chi connectivity index (χ4n) is 2.30. The van der Waals surface area contributed by atoms with Gasteiger partial charge in [-0.15, -0.1) is 11.3 Å². The number of nitrogens with zero attached hydrogens (tertiary/aromatic N) is 1. The van der Waals surface area contributed by atoms with Crippen molar-refractivity contribution in [2.45, 2.75) is 39.2 Å². The summed E-state index contributed by atoms with van der Waals surface area (Å²) in [4.78, 5) is 5.68. The van der Waals surface area contributed by atoms with Crippen molar-refractivity contribution in [1.29, 1.82) is 0 Å². The minimum atomic E-state index is 0.430. The quantitative estimate of drug-likeness (QED) is 0.845. The molecule has 0 aliphatic rings. The predicted octanol–water partition coefficient (Wildman–Crippen LogP) is 3.78. The summed E-state index contributed by atoms with van der Waals surface area (Å²) in [5.74, 6) is 1.37. The summed E-state index contributed by atoms with van der Waals surface area (Å²) in [6.45, 7) is 7.56. The van der Waals surface area contributed by atoms with Crippen LogP contribution in [0.1, 0.15) is 35.2 Å². The van der Waals surface area contributed by atoms with Gasteiger partial charge in [-0.1, -0.05) is 19.1 Å². The highest BCUT2D eigenvalue weighted by molar-refractivity contribution is 7.11. The molecule has 21 heavy (non-hydrogen) atoms. The van der Waals surface area contributed by atoms with Crippen LogP contribution < -0.4 is 10.1 Å². The zero-order chi connectivity index (χ0) is 15.2. The molecule has 0 unspecified atom stereocenters. The first kappa shape index (κ1) is 16.0. The zero-order valence-corrected chi connectivity index (χ0v) is 14.0. The second-order valence-corrected chi connectivity index (χ2v) is 6.74. The molecule has 2 atom stereocenters. The first-order chi connectivity index (χ1) is 10.1. The van der Waals surface area contributed by atoms with Crippen molar-refractivity contribution < 1.29 is 4.74 Å². The van der Waals surface area contributed by atoms with Crippen molar-refractivity contribution in [1.82, 2.24) is 10.3 Å². The molecule has 4 heteroatoms. The van der Waals surface area contributed by atoms with E-state index in [1.54, 1.807) is 18.4 Å². The second kappa shape index (κ2) is 7.57. The Morgan fingerprint density at radius 3 is 2.52 bits per heavy atom. The fourth-order valence-corrected chi connectivity index (χ4v) is 3.08. The lowest BCUT2D eigenvalue weighted by atomic mass is 9.94. The molecule has 0 amide bonds. The summed E-state index contributed by atoms with van der Waals surface area (Å²) < 4.78 is 5.20. The molecule has 0 saturated heterocycles. The minimum Gasteiger partial charge on any atom is -0.497 e. The number of ether oxygens (including phenoxy) is 1. The molecular formula is C17H24N2OS. The molecule has 0 aliphatic heterocycles. The highest BCUT2D eigenvalue weighted by atomic mass is 32.1. The van der Waals surface area contributed by atoms with Gasteiger partial charge < -0.3 is 10.1 Å². The van der Waals surface area contributed by atoms with Crippen LogP contribution in [0.3, 0.4) is 0 Å². The number of benzene rings is 1. The summed E-state index contributed by atoms with van der Waals surface area (Å²) in [7, 11) is 1.70. The Kier molecular flexibility index (Phi) is 5.76. The lowest BCUT2D eigenvalue weighted by Crippen LogP contribution is -2.32. The standard InChI is InChI=1S/C17H24N2OS/c1-12-11-19-17(21-12)9-10-18-14(3)13(2)15-5-7-16(20-4)8-6-15/h5-8,11,13-14,18H,9-10H2,1-4H3/t13-,14-/m0/s1. The largest absolute Gasteiger partial charge is 0.497 e. The minimum absolute atomic E-state index is 0.430. The number of hydrogen-bond acceptors (Lipinski definition) is 4. The van der Waals surface area contributed by atoms with Gasteiger partial charge in [0, 0.05) is 30.1 Å². The Morgan fingerprint density at radius 1 is 1.24 bits per heavy atom. The second-order valence-electron chi connectivity index (χ2n) is 5.42. The van der Waals surface area contributed by atoms with Crippen LogP contribution >= 0.6 is 11.3 Å². The number of thiazole rings is 1. The van der Waals surface area contributed by atoms with Gasteiger partial charge in [-0.3, -0.25) is 0 Å². The molecule has 2 rings (SSSR count). The summed E-state index contributed by atoms with van der Waals surface area (Å²) in [6.07, 6.45) is 2.95. The molecular weight excluding hydrogens is 280 g/mol. The monoisotopic (exact) mass is 304 g/mol. The fraction of sp³-hybridized carbons (Fsp3) is 0.471. The zero-order valence-electron chi connectivity index (χ0n) is 13.2. The highest BCUT2D eigenvalue weighted by Gasteiger charge is 2.14. The van der Waals surface area contributed by atoms with E-state index in [-0.39, 0.29) is 0 Å². The van der Waals surface area contributed by atoms with Crippen LogP contribution in [0.2, 0.25) is 0 Å². The molecule has 0 spiro atoms. The number of hydrogen-bond donors (Lipinski definition) is 1. The molecule has 0 aliphatic carbocycles. The van der Waals surface area contributed by atoms with Crippen molar-refractivity contribution in [3.8, 4) is 5.75 Å². The van der Waals surface area contributed by atoms with E-state index < -0.39 is 0 Å². The Morgan fingerprint density at radius 2 is 1.95 bits per heavy atom. The molecule has 1 aromatic heterocycles. The molecule has 0 radical (unpaired) electrons. The van der Waals surface area contributed by atoms with E-state index in [9.17, 15) is 0 Å². The van der Waals surface area contributed by atoms with Gasteiger partial charge in [-0.05, 0) is 37.5 Å². The molecule has 0 saturated carbocycles. The summed E-state index contributed by atoms with van der Waals surface area (Å²) >= 11 is 1.78. The van der Waals surface area contributed by atoms with Gasteiger partial charge >= 0.3 is 0 Å². The van der Waals surface area contributed by atoms with Gasteiger partial charge in [-0.2, -0.15) is 0 Å². The van der Waals surface area contributed by atoms with Gasteiger partial charge in [0.25, 0.3) is 0 Å². The van der Waals surface area contributed by atoms with E-state index >= 15 is 0 Å². The van der Waals surface area contributed by atoms with E-state index in [0.717, 1.165) is 18.7 Å². The third kappa shape index (κ3) is 4.55. The summed E-state index contributed by atoms with van der Waals surface area (Å²) in [6, 6.07) is 8.77. The van der Waals surface area contributed by atoms with Crippen molar-refractivity contribution in [3.63, 3.8) is 0 Å². The Balaban J connectivity index is 1.82. The molecule has 0 bridgehead atoms. The van der Waals surface area contributed by atoms with Crippen molar-refractivity contribution in [2.75, 3.05) is 13.7 Å². The van der Waals surface area contributed by atoms with Crippen LogP contribution in [0.4, 0.5) is 0 Å². The maximum atomic E-state index is 5.20. The third-order valence-electron chi connectivity index (χ3n) is 3.87. The summed E-state index contributed by atoms with van der Waals surface area (Å²) in [5.41, 5.74) is 1.33. The number of rotatable bonds is 7. The molecule has 1 aromatic carbocycles. The number of aromatic nitrogens is 1. The Labute approximate surface area is 131 Å². The Hall–Kier alpha value is -1.39. The first-order valence-electron chi connectivity index (χ1n) is 7.38. The average molecular weight is 304 g/mol. The number of aryl methyl sites for hydroxylation is 1. The van der Waals surface area contributed by atoms with E-state index in [1.165, 1.54) is 15.4 Å². The average Bonchev–Trinajstić information content (AvgIpc) is 2.92. The van der Waals surface area contributed by atoms with E-state index in [4.69, 9.17) is 4.74 Å². The summed E-state index contributed by atoms with van der Waals surface area (Å²) in [5, 5.41) is 4.81. The SMILES string of the molecule is COc1ccc([C@@H](C)[C@H](C)NCCc2ncc(C)s2)cc1. The van der Waals surface area contributed by atoms with Gasteiger partial charge in [0.1, 0.15) is 5.75 Å². The van der Waals surface area contributed by atoms with E-state index in [1.807, 2.05) is 18.3 Å². The molecule has 0 fully saturated rings. The highest BCUT2D eigenvalue weighted by Crippen LogP contribution is 2.22. The number of methoxy groups -OCH3 is 1. The maximum Gasteiger partial charge on any atom is 0.118 e. The Bertz CT molecular complexity index is 550. The molecule has 3 nitrogen and oxygen atoms in total. The van der Waals surface area contributed by atoms with Crippen molar-refractivity contribution in [3.05, 3.63) is 45.9 Å². The van der Waals surface area contributed by atoms with Crippen LogP contribution in [0.5, 0.6) is 5.75 Å². The van der Waals surface area contributed by atoms with Crippen molar-refractivity contribution >= 4 is 11.3 Å². The van der Waals surface area contributed by atoms with Crippen molar-refractivity contribution in [2.24, 2.45) is 0 Å². The topological polar surface area (TPSA) is 34.1 Å². The van der Waals surface area contributed by atoms with E-state index in [0.29, 0.717) is 12.0 Å². The predicted molar refractivity (Wildman–Crippen MR) is 89.4 cm³/mol. The van der Waals surface area contributed by atoms with Crippen LogP contribution in [0.25, 0.3) is 0 Å². The van der Waals surface area contributed by atoms with Gasteiger partial charge in [0.15, 0.2) is 0 Å². The molecule has 1 N–H and O–H groups in total. The lowest BCUT2D eigenvalue weighted by Gasteiger charge is -2.22.